The maximum atomic E-state index is 10.3. The fourth-order valence-electron chi connectivity index (χ4n) is 2.74. The summed E-state index contributed by atoms with van der Waals surface area (Å²) in [6.07, 6.45) is 0. The molecule has 2 aromatic rings. The van der Waals surface area contributed by atoms with Crippen molar-refractivity contribution in [3.8, 4) is 5.75 Å². The summed E-state index contributed by atoms with van der Waals surface area (Å²) in [6.45, 7) is 13.1. The molecule has 1 heteroatoms. The molecule has 0 atom stereocenters. The first-order chi connectivity index (χ1) is 9.31. The number of phenolic OH excluding ortho intramolecular Hbond substituents is 1. The second-order valence-electron chi connectivity index (χ2n) is 6.71. The third kappa shape index (κ3) is 2.67. The van der Waals surface area contributed by atoms with Gasteiger partial charge in [-0.15, -0.1) is 0 Å². The maximum absolute atomic E-state index is 10.3. The van der Waals surface area contributed by atoms with E-state index in [4.69, 9.17) is 0 Å². The van der Waals surface area contributed by atoms with Crippen LogP contribution in [0, 0.1) is 0 Å². The quantitative estimate of drug-likeness (QED) is 0.734. The molecule has 108 valence electrons. The molecule has 0 aliphatic heterocycles. The van der Waals surface area contributed by atoms with Crippen molar-refractivity contribution in [1.29, 1.82) is 0 Å². The smallest absolute Gasteiger partial charge is 0.119 e. The van der Waals surface area contributed by atoms with Crippen molar-refractivity contribution in [2.45, 2.75) is 59.3 Å². The molecule has 0 bridgehead atoms. The van der Waals surface area contributed by atoms with E-state index < -0.39 is 0 Å². The molecular weight excluding hydrogens is 244 g/mol. The highest BCUT2D eigenvalue weighted by Gasteiger charge is 2.14. The van der Waals surface area contributed by atoms with Gasteiger partial charge in [-0.3, -0.25) is 0 Å². The van der Waals surface area contributed by atoms with Crippen LogP contribution >= 0.6 is 0 Å². The van der Waals surface area contributed by atoms with Crippen LogP contribution in [-0.2, 0) is 0 Å². The minimum atomic E-state index is 0.338. The Kier molecular flexibility index (Phi) is 4.08. The van der Waals surface area contributed by atoms with Gasteiger partial charge >= 0.3 is 0 Å². The van der Waals surface area contributed by atoms with Gasteiger partial charge in [0.2, 0.25) is 0 Å². The lowest BCUT2D eigenvalue weighted by atomic mass is 9.88. The van der Waals surface area contributed by atoms with Crippen LogP contribution in [0.2, 0.25) is 0 Å². The van der Waals surface area contributed by atoms with Crippen molar-refractivity contribution in [3.05, 3.63) is 41.0 Å². The fraction of sp³-hybridized carbons (Fsp3) is 0.474. The molecular formula is C19H26O. The Morgan fingerprint density at radius 1 is 0.700 bits per heavy atom. The number of hydrogen-bond acceptors (Lipinski definition) is 1. The Morgan fingerprint density at radius 2 is 1.30 bits per heavy atom. The van der Waals surface area contributed by atoms with E-state index >= 15 is 0 Å². The Hall–Kier alpha value is -1.50. The first-order valence-electron chi connectivity index (χ1n) is 7.61. The lowest BCUT2D eigenvalue weighted by molar-refractivity contribution is 0.466. The van der Waals surface area contributed by atoms with Crippen LogP contribution in [-0.4, -0.2) is 5.11 Å². The molecule has 0 spiro atoms. The summed E-state index contributed by atoms with van der Waals surface area (Å²) < 4.78 is 0. The Balaban J connectivity index is 2.80. The fourth-order valence-corrected chi connectivity index (χ4v) is 2.74. The molecule has 0 saturated carbocycles. The standard InChI is InChI=1S/C19H26O/c1-11(2)14-7-15-9-17(13(5)6)19(20)10-18(15)16(8-14)12(3)4/h7-13,20H,1-6H3. The van der Waals surface area contributed by atoms with Crippen LogP contribution in [0.25, 0.3) is 10.8 Å². The van der Waals surface area contributed by atoms with Gasteiger partial charge in [0.05, 0.1) is 0 Å². The maximum Gasteiger partial charge on any atom is 0.119 e. The van der Waals surface area contributed by atoms with Crippen LogP contribution in [0.4, 0.5) is 0 Å². The summed E-state index contributed by atoms with van der Waals surface area (Å²) in [5.74, 6) is 1.74. The summed E-state index contributed by atoms with van der Waals surface area (Å²) in [4.78, 5) is 0. The first-order valence-corrected chi connectivity index (χ1v) is 7.61. The average molecular weight is 270 g/mol. The van der Waals surface area contributed by atoms with Crippen molar-refractivity contribution >= 4 is 10.8 Å². The number of aromatic hydroxyl groups is 1. The van der Waals surface area contributed by atoms with Crippen molar-refractivity contribution in [3.63, 3.8) is 0 Å². The summed E-state index contributed by atoms with van der Waals surface area (Å²) in [7, 11) is 0. The normalized spacial score (nSPS) is 12.1. The monoisotopic (exact) mass is 270 g/mol. The third-order valence-corrected chi connectivity index (χ3v) is 4.06. The minimum absolute atomic E-state index is 0.338. The molecule has 2 rings (SSSR count). The Labute approximate surface area is 122 Å². The largest absolute Gasteiger partial charge is 0.508 e. The van der Waals surface area contributed by atoms with Crippen molar-refractivity contribution in [2.75, 3.05) is 0 Å². The summed E-state index contributed by atoms with van der Waals surface area (Å²) >= 11 is 0. The van der Waals surface area contributed by atoms with E-state index in [1.54, 1.807) is 0 Å². The predicted molar refractivity (Wildman–Crippen MR) is 87.9 cm³/mol. The van der Waals surface area contributed by atoms with Gasteiger partial charge in [-0.2, -0.15) is 0 Å². The van der Waals surface area contributed by atoms with E-state index in [1.807, 2.05) is 6.07 Å². The Morgan fingerprint density at radius 3 is 1.80 bits per heavy atom. The van der Waals surface area contributed by atoms with Gasteiger partial charge in [0.15, 0.2) is 0 Å². The average Bonchev–Trinajstić information content (AvgIpc) is 2.36. The van der Waals surface area contributed by atoms with Gasteiger partial charge in [0.1, 0.15) is 5.75 Å². The third-order valence-electron chi connectivity index (χ3n) is 4.06. The SMILES string of the molecule is CC(C)c1cc(C(C)C)c2cc(O)c(C(C)C)cc2c1. The molecule has 0 aliphatic rings. The van der Waals surface area contributed by atoms with Gasteiger partial charge in [0, 0.05) is 0 Å². The van der Waals surface area contributed by atoms with Crippen LogP contribution in [0.3, 0.4) is 0 Å². The molecule has 0 aromatic heterocycles. The van der Waals surface area contributed by atoms with Crippen LogP contribution in [0.15, 0.2) is 24.3 Å². The number of benzene rings is 2. The lowest BCUT2D eigenvalue weighted by Gasteiger charge is -2.17. The van der Waals surface area contributed by atoms with Gasteiger partial charge in [-0.25, -0.2) is 0 Å². The molecule has 2 aromatic carbocycles. The number of hydrogen-bond donors (Lipinski definition) is 1. The molecule has 0 aliphatic carbocycles. The molecule has 1 N–H and O–H groups in total. The second kappa shape index (κ2) is 5.47. The topological polar surface area (TPSA) is 20.2 Å². The molecule has 1 nitrogen and oxygen atoms in total. The number of phenols is 1. The first kappa shape index (κ1) is 14.9. The molecule has 0 saturated heterocycles. The second-order valence-corrected chi connectivity index (χ2v) is 6.71. The highest BCUT2D eigenvalue weighted by molar-refractivity contribution is 5.89. The summed E-state index contributed by atoms with van der Waals surface area (Å²) in [6, 6.07) is 8.68. The zero-order chi connectivity index (χ0) is 15.0. The van der Waals surface area contributed by atoms with Gasteiger partial charge < -0.3 is 5.11 Å². The van der Waals surface area contributed by atoms with E-state index in [2.05, 4.69) is 59.7 Å². The van der Waals surface area contributed by atoms with E-state index in [9.17, 15) is 5.11 Å². The molecule has 0 radical (unpaired) electrons. The van der Waals surface area contributed by atoms with E-state index in [0.717, 1.165) is 5.56 Å². The van der Waals surface area contributed by atoms with E-state index in [1.165, 1.54) is 21.9 Å². The zero-order valence-electron chi connectivity index (χ0n) is 13.5. The van der Waals surface area contributed by atoms with Crippen molar-refractivity contribution in [1.82, 2.24) is 0 Å². The van der Waals surface area contributed by atoms with Gasteiger partial charge in [-0.1, -0.05) is 53.7 Å². The van der Waals surface area contributed by atoms with Crippen LogP contribution in [0.5, 0.6) is 5.75 Å². The summed E-state index contributed by atoms with van der Waals surface area (Å²) in [5.41, 5.74) is 3.74. The molecule has 20 heavy (non-hydrogen) atoms. The van der Waals surface area contributed by atoms with Gasteiger partial charge in [-0.05, 0) is 57.3 Å². The number of rotatable bonds is 3. The minimum Gasteiger partial charge on any atom is -0.508 e. The van der Waals surface area contributed by atoms with Gasteiger partial charge in [0.25, 0.3) is 0 Å². The Bertz CT molecular complexity index is 621. The highest BCUT2D eigenvalue weighted by Crippen LogP contribution is 2.36. The predicted octanol–water partition coefficient (Wildman–Crippen LogP) is 5.92. The molecule has 0 heterocycles. The van der Waals surface area contributed by atoms with Crippen LogP contribution < -0.4 is 0 Å². The zero-order valence-corrected chi connectivity index (χ0v) is 13.5. The van der Waals surface area contributed by atoms with Crippen LogP contribution in [0.1, 0.15) is 76.0 Å². The highest BCUT2D eigenvalue weighted by atomic mass is 16.3. The lowest BCUT2D eigenvalue weighted by Crippen LogP contribution is -1.97. The van der Waals surface area contributed by atoms with Crippen molar-refractivity contribution in [2.24, 2.45) is 0 Å². The molecule has 0 fully saturated rings. The summed E-state index contributed by atoms with van der Waals surface area (Å²) in [5, 5.41) is 12.7. The van der Waals surface area contributed by atoms with Crippen molar-refractivity contribution < 1.29 is 5.11 Å². The van der Waals surface area contributed by atoms with E-state index in [0.29, 0.717) is 23.5 Å². The van der Waals surface area contributed by atoms with E-state index in [-0.39, 0.29) is 0 Å². The molecule has 0 unspecified atom stereocenters. The molecule has 0 amide bonds. The number of fused-ring (bicyclic) bond motifs is 1.